The second-order valence-electron chi connectivity index (χ2n) is 10.6. The molecule has 1 aromatic heterocycles. The number of ether oxygens (including phenoxy) is 4. The van der Waals surface area contributed by atoms with E-state index in [1.807, 2.05) is 26.8 Å². The van der Waals surface area contributed by atoms with E-state index in [9.17, 15) is 22.8 Å². The molecule has 0 saturated carbocycles. The molecule has 0 atom stereocenters. The zero-order chi connectivity index (χ0) is 30.8. The monoisotopic (exact) mass is 590 g/mol. The van der Waals surface area contributed by atoms with Crippen LogP contribution in [-0.4, -0.2) is 75.1 Å². The van der Waals surface area contributed by atoms with Crippen LogP contribution >= 0.6 is 0 Å². The molecule has 0 aliphatic carbocycles. The number of rotatable bonds is 6. The number of nitrogens with one attached hydrogen (secondary N) is 1. The Morgan fingerprint density at radius 2 is 1.57 bits per heavy atom. The van der Waals surface area contributed by atoms with Crippen LogP contribution < -0.4 is 19.7 Å². The Hall–Kier alpha value is -4.42. The average molecular weight is 591 g/mol. The number of anilines is 3. The van der Waals surface area contributed by atoms with Gasteiger partial charge in [0.05, 0.1) is 38.1 Å². The number of alkyl halides is 3. The van der Waals surface area contributed by atoms with Crippen LogP contribution in [-0.2, 0) is 15.7 Å². The van der Waals surface area contributed by atoms with Crippen LogP contribution in [0.3, 0.4) is 0 Å². The molecule has 1 aliphatic rings. The first kappa shape index (κ1) is 30.5. The summed E-state index contributed by atoms with van der Waals surface area (Å²) in [5.74, 6) is -0.503. The largest absolute Gasteiger partial charge is 0.496 e. The van der Waals surface area contributed by atoms with Crippen molar-refractivity contribution >= 4 is 40.2 Å². The van der Waals surface area contributed by atoms with Crippen LogP contribution in [0.25, 0.3) is 10.9 Å². The van der Waals surface area contributed by atoms with Gasteiger partial charge in [-0.2, -0.15) is 13.2 Å². The minimum atomic E-state index is -4.74. The van der Waals surface area contributed by atoms with Gasteiger partial charge in [-0.15, -0.1) is 0 Å². The van der Waals surface area contributed by atoms with Gasteiger partial charge in [0.15, 0.2) is 0 Å². The number of amides is 1. The second-order valence-corrected chi connectivity index (χ2v) is 10.6. The number of fused-ring (bicyclic) bond motifs is 1. The van der Waals surface area contributed by atoms with E-state index >= 15 is 0 Å². The number of aromatic nitrogens is 1. The Labute approximate surface area is 241 Å². The smallest absolute Gasteiger partial charge is 0.417 e. The number of halogens is 3. The third-order valence-corrected chi connectivity index (χ3v) is 6.59. The lowest BCUT2D eigenvalue weighted by atomic mass is 10.0. The number of esters is 1. The van der Waals surface area contributed by atoms with E-state index in [2.05, 4.69) is 15.2 Å². The average Bonchev–Trinajstić information content (AvgIpc) is 2.94. The normalized spacial score (nSPS) is 14.0. The van der Waals surface area contributed by atoms with E-state index < -0.39 is 23.3 Å². The highest BCUT2D eigenvalue weighted by Gasteiger charge is 2.34. The number of hydrogen-bond acceptors (Lipinski definition) is 9. The van der Waals surface area contributed by atoms with E-state index in [4.69, 9.17) is 18.9 Å². The molecule has 226 valence electrons. The molecule has 0 radical (unpaired) electrons. The third-order valence-electron chi connectivity index (χ3n) is 6.59. The van der Waals surface area contributed by atoms with Crippen molar-refractivity contribution < 1.29 is 41.7 Å². The molecule has 0 spiro atoms. The summed E-state index contributed by atoms with van der Waals surface area (Å²) in [6, 6.07) is 8.47. The maximum absolute atomic E-state index is 14.1. The standard InChI is InChI=1S/C29H33F3N4O6/c1-28(2,3)42-27(38)36-11-9-35(10-12-36)17-7-8-21(24(13-17)40-5)33-25-15-20(29(30,31)32)18-14-19(26(37)41-6)23(39-4)16-22(18)34-25/h7-8,13-16H,9-12H2,1-6H3,(H,33,34). The summed E-state index contributed by atoms with van der Waals surface area (Å²) in [7, 11) is 3.88. The number of nitrogens with zero attached hydrogens (tertiary/aromatic N) is 3. The highest BCUT2D eigenvalue weighted by molar-refractivity contribution is 5.99. The molecule has 1 fully saturated rings. The van der Waals surface area contributed by atoms with Crippen molar-refractivity contribution in [1.82, 2.24) is 9.88 Å². The minimum Gasteiger partial charge on any atom is -0.496 e. The molecule has 0 unspecified atom stereocenters. The van der Waals surface area contributed by atoms with Gasteiger partial charge < -0.3 is 34.1 Å². The SMILES string of the molecule is COC(=O)c1cc2c(C(F)(F)F)cc(Nc3ccc(N4CCN(C(=O)OC(C)(C)C)CC4)cc3OC)nc2cc1OC. The lowest BCUT2D eigenvalue weighted by Gasteiger charge is -2.37. The van der Waals surface area contributed by atoms with E-state index in [0.717, 1.165) is 24.9 Å². The van der Waals surface area contributed by atoms with Crippen molar-refractivity contribution in [3.8, 4) is 11.5 Å². The molecule has 0 bridgehead atoms. The van der Waals surface area contributed by atoms with Gasteiger partial charge in [-0.05, 0) is 45.0 Å². The number of carbonyl (C=O) groups excluding carboxylic acids is 2. The minimum absolute atomic E-state index is 0.0285. The fraction of sp³-hybridized carbons (Fsp3) is 0.414. The van der Waals surface area contributed by atoms with E-state index in [1.54, 1.807) is 17.0 Å². The molecule has 2 heterocycles. The first-order chi connectivity index (χ1) is 19.7. The lowest BCUT2D eigenvalue weighted by Crippen LogP contribution is -2.50. The van der Waals surface area contributed by atoms with Crippen LogP contribution in [0.4, 0.5) is 35.2 Å². The van der Waals surface area contributed by atoms with E-state index in [0.29, 0.717) is 37.6 Å². The van der Waals surface area contributed by atoms with Crippen molar-refractivity contribution in [1.29, 1.82) is 0 Å². The van der Waals surface area contributed by atoms with Crippen molar-refractivity contribution in [3.05, 3.63) is 47.5 Å². The van der Waals surface area contributed by atoms with Gasteiger partial charge in [-0.25, -0.2) is 14.6 Å². The van der Waals surface area contributed by atoms with Gasteiger partial charge in [0, 0.05) is 49.4 Å². The van der Waals surface area contributed by atoms with Crippen LogP contribution in [0, 0.1) is 0 Å². The molecule has 13 heteroatoms. The fourth-order valence-electron chi connectivity index (χ4n) is 4.58. The zero-order valence-electron chi connectivity index (χ0n) is 24.2. The van der Waals surface area contributed by atoms with Crippen LogP contribution in [0.2, 0.25) is 0 Å². The summed E-state index contributed by atoms with van der Waals surface area (Å²) in [6.07, 6.45) is -5.10. The van der Waals surface area contributed by atoms with Crippen molar-refractivity contribution in [2.75, 3.05) is 57.7 Å². The van der Waals surface area contributed by atoms with E-state index in [1.165, 1.54) is 20.3 Å². The van der Waals surface area contributed by atoms with Gasteiger partial charge in [0.25, 0.3) is 0 Å². The zero-order valence-corrected chi connectivity index (χ0v) is 24.2. The highest BCUT2D eigenvalue weighted by atomic mass is 19.4. The van der Waals surface area contributed by atoms with Crippen molar-refractivity contribution in [3.63, 3.8) is 0 Å². The summed E-state index contributed by atoms with van der Waals surface area (Å²) in [6.45, 7) is 7.52. The molecule has 42 heavy (non-hydrogen) atoms. The summed E-state index contributed by atoms with van der Waals surface area (Å²) in [4.78, 5) is 32.6. The van der Waals surface area contributed by atoms with Crippen molar-refractivity contribution in [2.45, 2.75) is 32.5 Å². The summed E-state index contributed by atoms with van der Waals surface area (Å²) in [5.41, 5.74) is -0.528. The fourth-order valence-corrected chi connectivity index (χ4v) is 4.58. The predicted octanol–water partition coefficient (Wildman–Crippen LogP) is 5.86. The number of carbonyl (C=O) groups is 2. The lowest BCUT2D eigenvalue weighted by molar-refractivity contribution is -0.136. The molecule has 1 N–H and O–H groups in total. The third kappa shape index (κ3) is 6.72. The second kappa shape index (κ2) is 11.8. The number of pyridine rings is 1. The number of methoxy groups -OCH3 is 3. The summed E-state index contributed by atoms with van der Waals surface area (Å²) < 4.78 is 63.3. The molecule has 4 rings (SSSR count). The Morgan fingerprint density at radius 1 is 0.905 bits per heavy atom. The summed E-state index contributed by atoms with van der Waals surface area (Å²) in [5, 5.41) is 2.66. The van der Waals surface area contributed by atoms with Gasteiger partial charge in [0.1, 0.15) is 28.5 Å². The summed E-state index contributed by atoms with van der Waals surface area (Å²) >= 11 is 0. The maximum atomic E-state index is 14.1. The number of hydrogen-bond donors (Lipinski definition) is 1. The van der Waals surface area contributed by atoms with Crippen LogP contribution in [0.15, 0.2) is 36.4 Å². The van der Waals surface area contributed by atoms with E-state index in [-0.39, 0.29) is 34.1 Å². The van der Waals surface area contributed by atoms with Gasteiger partial charge in [-0.1, -0.05) is 0 Å². The molecule has 2 aromatic carbocycles. The topological polar surface area (TPSA) is 102 Å². The Morgan fingerprint density at radius 3 is 2.14 bits per heavy atom. The Kier molecular flexibility index (Phi) is 8.60. The molecule has 1 amide bonds. The van der Waals surface area contributed by atoms with Crippen LogP contribution in [0.1, 0.15) is 36.7 Å². The molecule has 1 aliphatic heterocycles. The molecule has 1 saturated heterocycles. The number of piperazine rings is 1. The molecule has 10 nitrogen and oxygen atoms in total. The van der Waals surface area contributed by atoms with Crippen molar-refractivity contribution in [2.24, 2.45) is 0 Å². The molecular weight excluding hydrogens is 557 g/mol. The maximum Gasteiger partial charge on any atom is 0.417 e. The van der Waals surface area contributed by atoms with Gasteiger partial charge in [-0.3, -0.25) is 0 Å². The molecular formula is C29H33F3N4O6. The van der Waals surface area contributed by atoms with Gasteiger partial charge >= 0.3 is 18.2 Å². The quantitative estimate of drug-likeness (QED) is 0.354. The number of benzene rings is 2. The first-order valence-corrected chi connectivity index (χ1v) is 13.1. The molecule has 3 aromatic rings. The Balaban J connectivity index is 1.61. The van der Waals surface area contributed by atoms with Crippen LogP contribution in [0.5, 0.6) is 11.5 Å². The van der Waals surface area contributed by atoms with Gasteiger partial charge in [0.2, 0.25) is 0 Å². The highest BCUT2D eigenvalue weighted by Crippen LogP contribution is 2.40. The predicted molar refractivity (Wildman–Crippen MR) is 151 cm³/mol. The first-order valence-electron chi connectivity index (χ1n) is 13.1. The Bertz CT molecular complexity index is 1480.